The third-order valence-corrected chi connectivity index (χ3v) is 3.70. The second-order valence-electron chi connectivity index (χ2n) is 4.54. The number of rotatable bonds is 8. The molecule has 0 aromatic heterocycles. The molecule has 19 heavy (non-hydrogen) atoms. The van der Waals surface area contributed by atoms with Crippen molar-refractivity contribution in [2.75, 3.05) is 18.6 Å². The molecule has 0 aliphatic rings. The summed E-state index contributed by atoms with van der Waals surface area (Å²) in [4.78, 5) is 11.6. The highest BCUT2D eigenvalue weighted by atomic mass is 32.2. The third-order valence-electron chi connectivity index (χ3n) is 2.84. The third kappa shape index (κ3) is 7.08. The molecule has 0 heterocycles. The van der Waals surface area contributed by atoms with Crippen LogP contribution in [0, 0.1) is 0 Å². The largest absolute Gasteiger partial charge is 0.356 e. The molecule has 0 aliphatic carbocycles. The molecular formula is C14H22N2O2S. The van der Waals surface area contributed by atoms with Crippen LogP contribution in [0.4, 0.5) is 0 Å². The van der Waals surface area contributed by atoms with Crippen LogP contribution < -0.4 is 11.1 Å². The van der Waals surface area contributed by atoms with E-state index in [1.165, 1.54) is 0 Å². The van der Waals surface area contributed by atoms with Gasteiger partial charge < -0.3 is 11.1 Å². The minimum absolute atomic E-state index is 0.00765. The normalized spacial score (nSPS) is 13.8. The number of hydrogen-bond acceptors (Lipinski definition) is 3. The molecule has 2 atom stereocenters. The lowest BCUT2D eigenvalue weighted by atomic mass is 10.0. The Labute approximate surface area is 117 Å². The van der Waals surface area contributed by atoms with Gasteiger partial charge in [0.1, 0.15) is 0 Å². The highest BCUT2D eigenvalue weighted by Gasteiger charge is 2.08. The maximum absolute atomic E-state index is 11.6. The van der Waals surface area contributed by atoms with Gasteiger partial charge in [-0.2, -0.15) is 0 Å². The van der Waals surface area contributed by atoms with Gasteiger partial charge in [0.2, 0.25) is 5.91 Å². The maximum Gasteiger partial charge on any atom is 0.220 e. The smallest absolute Gasteiger partial charge is 0.220 e. The van der Waals surface area contributed by atoms with Gasteiger partial charge >= 0.3 is 0 Å². The van der Waals surface area contributed by atoms with E-state index >= 15 is 0 Å². The lowest BCUT2D eigenvalue weighted by molar-refractivity contribution is -0.121. The molecular weight excluding hydrogens is 260 g/mol. The summed E-state index contributed by atoms with van der Waals surface area (Å²) in [5, 5.41) is 2.82. The Bertz CT molecular complexity index is 409. The molecule has 4 nitrogen and oxygen atoms in total. The van der Waals surface area contributed by atoms with E-state index < -0.39 is 10.8 Å². The summed E-state index contributed by atoms with van der Waals surface area (Å²) in [5.41, 5.74) is 7.07. The fourth-order valence-corrected chi connectivity index (χ4v) is 2.30. The quantitative estimate of drug-likeness (QED) is 0.707. The topological polar surface area (TPSA) is 72.2 Å². The Balaban J connectivity index is 2.18. The summed E-state index contributed by atoms with van der Waals surface area (Å²) in [5.74, 6) is 0.636. The van der Waals surface area contributed by atoms with E-state index in [0.29, 0.717) is 25.1 Å². The van der Waals surface area contributed by atoms with Crippen molar-refractivity contribution in [2.24, 2.45) is 5.73 Å². The van der Waals surface area contributed by atoms with Crippen LogP contribution in [0.5, 0.6) is 0 Å². The van der Waals surface area contributed by atoms with Crippen LogP contribution in [0.25, 0.3) is 0 Å². The van der Waals surface area contributed by atoms with Gasteiger partial charge in [0, 0.05) is 41.8 Å². The van der Waals surface area contributed by atoms with Crippen molar-refractivity contribution in [3.8, 4) is 0 Å². The molecule has 3 N–H and O–H groups in total. The molecule has 5 heteroatoms. The molecule has 0 radical (unpaired) electrons. The zero-order valence-corrected chi connectivity index (χ0v) is 12.1. The van der Waals surface area contributed by atoms with E-state index in [1.807, 2.05) is 30.3 Å². The highest BCUT2D eigenvalue weighted by molar-refractivity contribution is 7.84. The zero-order valence-electron chi connectivity index (χ0n) is 11.3. The molecule has 106 valence electrons. The Morgan fingerprint density at radius 3 is 2.68 bits per heavy atom. The van der Waals surface area contributed by atoms with Crippen molar-refractivity contribution in [2.45, 2.75) is 25.3 Å². The first kappa shape index (κ1) is 15.9. The standard InChI is InChI=1S/C14H22N2O2S/c1-19(18)11-5-10-16-14(17)9-8-13(15)12-6-3-2-4-7-12/h2-4,6-7,13H,5,8-11,15H2,1H3,(H,16,17). The number of carbonyl (C=O) groups excluding carboxylic acids is 1. The molecule has 1 aromatic rings. The molecule has 0 saturated carbocycles. The van der Waals surface area contributed by atoms with E-state index in [9.17, 15) is 9.00 Å². The lowest BCUT2D eigenvalue weighted by Gasteiger charge is -2.11. The van der Waals surface area contributed by atoms with Crippen molar-refractivity contribution in [1.82, 2.24) is 5.32 Å². The Morgan fingerprint density at radius 2 is 2.05 bits per heavy atom. The number of amides is 1. The van der Waals surface area contributed by atoms with Gasteiger partial charge in [-0.15, -0.1) is 0 Å². The first-order valence-electron chi connectivity index (χ1n) is 6.47. The molecule has 1 rings (SSSR count). The van der Waals surface area contributed by atoms with Crippen molar-refractivity contribution in [3.63, 3.8) is 0 Å². The van der Waals surface area contributed by atoms with Crippen molar-refractivity contribution >= 4 is 16.7 Å². The van der Waals surface area contributed by atoms with Gasteiger partial charge in [-0.1, -0.05) is 30.3 Å². The van der Waals surface area contributed by atoms with Gasteiger partial charge in [-0.3, -0.25) is 9.00 Å². The number of nitrogens with two attached hydrogens (primary N) is 1. The van der Waals surface area contributed by atoms with E-state index in [-0.39, 0.29) is 11.9 Å². The average Bonchev–Trinajstić information content (AvgIpc) is 2.41. The predicted molar refractivity (Wildman–Crippen MR) is 79.2 cm³/mol. The Kier molecular flexibility index (Phi) is 7.36. The summed E-state index contributed by atoms with van der Waals surface area (Å²) < 4.78 is 10.8. The number of benzene rings is 1. The fraction of sp³-hybridized carbons (Fsp3) is 0.500. The Hall–Kier alpha value is -1.20. The average molecular weight is 282 g/mol. The summed E-state index contributed by atoms with van der Waals surface area (Å²) in [6.07, 6.45) is 3.47. The van der Waals surface area contributed by atoms with Gasteiger partial charge in [0.25, 0.3) is 0 Å². The first-order valence-corrected chi connectivity index (χ1v) is 8.19. The predicted octanol–water partition coefficient (Wildman–Crippen LogP) is 1.35. The van der Waals surface area contributed by atoms with Crippen LogP contribution in [-0.4, -0.2) is 28.7 Å². The van der Waals surface area contributed by atoms with Gasteiger partial charge in [0.15, 0.2) is 0 Å². The SMILES string of the molecule is CS(=O)CCCNC(=O)CCC(N)c1ccccc1. The summed E-state index contributed by atoms with van der Waals surface area (Å²) in [7, 11) is -0.788. The van der Waals surface area contributed by atoms with Crippen LogP contribution in [0.2, 0.25) is 0 Å². The molecule has 0 aliphatic heterocycles. The van der Waals surface area contributed by atoms with Crippen LogP contribution in [0.1, 0.15) is 30.9 Å². The van der Waals surface area contributed by atoms with Crippen molar-refractivity contribution < 1.29 is 9.00 Å². The fourth-order valence-electron chi connectivity index (χ4n) is 1.75. The molecule has 0 fully saturated rings. The van der Waals surface area contributed by atoms with Gasteiger partial charge in [-0.05, 0) is 18.4 Å². The lowest BCUT2D eigenvalue weighted by Crippen LogP contribution is -2.26. The van der Waals surface area contributed by atoms with E-state index in [2.05, 4.69) is 5.32 Å². The molecule has 0 spiro atoms. The Morgan fingerprint density at radius 1 is 1.37 bits per heavy atom. The summed E-state index contributed by atoms with van der Waals surface area (Å²) in [6.45, 7) is 0.582. The number of nitrogens with one attached hydrogen (secondary N) is 1. The van der Waals surface area contributed by atoms with Crippen molar-refractivity contribution in [1.29, 1.82) is 0 Å². The van der Waals surface area contributed by atoms with Crippen molar-refractivity contribution in [3.05, 3.63) is 35.9 Å². The number of hydrogen-bond donors (Lipinski definition) is 2. The second-order valence-corrected chi connectivity index (χ2v) is 6.09. The molecule has 2 unspecified atom stereocenters. The molecule has 0 bridgehead atoms. The molecule has 1 amide bonds. The summed E-state index contributed by atoms with van der Waals surface area (Å²) in [6, 6.07) is 9.68. The van der Waals surface area contributed by atoms with E-state index in [0.717, 1.165) is 12.0 Å². The number of carbonyl (C=O) groups is 1. The zero-order chi connectivity index (χ0) is 14.1. The van der Waals surface area contributed by atoms with Crippen LogP contribution in [0.3, 0.4) is 0 Å². The summed E-state index contributed by atoms with van der Waals surface area (Å²) >= 11 is 0. The first-order chi connectivity index (χ1) is 9.09. The van der Waals surface area contributed by atoms with Gasteiger partial charge in [-0.25, -0.2) is 0 Å². The molecule has 0 saturated heterocycles. The molecule has 1 aromatic carbocycles. The maximum atomic E-state index is 11.6. The monoisotopic (exact) mass is 282 g/mol. The minimum atomic E-state index is -0.788. The van der Waals surface area contributed by atoms with Gasteiger partial charge in [0.05, 0.1) is 0 Å². The highest BCUT2D eigenvalue weighted by Crippen LogP contribution is 2.14. The van der Waals surface area contributed by atoms with Crippen LogP contribution in [-0.2, 0) is 15.6 Å². The minimum Gasteiger partial charge on any atom is -0.356 e. The van der Waals surface area contributed by atoms with E-state index in [1.54, 1.807) is 6.26 Å². The van der Waals surface area contributed by atoms with Crippen LogP contribution >= 0.6 is 0 Å². The second kappa shape index (κ2) is 8.82. The van der Waals surface area contributed by atoms with E-state index in [4.69, 9.17) is 5.73 Å². The van der Waals surface area contributed by atoms with Crippen LogP contribution in [0.15, 0.2) is 30.3 Å².